The van der Waals surface area contributed by atoms with Gasteiger partial charge in [-0.1, -0.05) is 23.9 Å². The quantitative estimate of drug-likeness (QED) is 0.415. The first-order valence-electron chi connectivity index (χ1n) is 9.27. The highest BCUT2D eigenvalue weighted by Crippen LogP contribution is 2.31. The number of aromatic amines is 1. The molecule has 7 nitrogen and oxygen atoms in total. The van der Waals surface area contributed by atoms with Crippen LogP contribution >= 0.6 is 11.8 Å². The van der Waals surface area contributed by atoms with E-state index >= 15 is 0 Å². The van der Waals surface area contributed by atoms with Gasteiger partial charge in [0.1, 0.15) is 17.5 Å². The van der Waals surface area contributed by atoms with Crippen LogP contribution in [-0.2, 0) is 15.3 Å². The zero-order valence-corrected chi connectivity index (χ0v) is 16.8. The molecule has 0 saturated carbocycles. The zero-order chi connectivity index (χ0) is 22.0. The summed E-state index contributed by atoms with van der Waals surface area (Å²) in [5.41, 5.74) is 0.693. The summed E-state index contributed by atoms with van der Waals surface area (Å²) in [6.45, 7) is 0. The Balaban J connectivity index is 1.56. The van der Waals surface area contributed by atoms with Gasteiger partial charge in [-0.2, -0.15) is 0 Å². The third kappa shape index (κ3) is 4.80. The molecule has 1 aromatic heterocycles. The van der Waals surface area contributed by atoms with Crippen LogP contribution < -0.4 is 16.2 Å². The molecule has 3 aromatic rings. The van der Waals surface area contributed by atoms with Crippen molar-refractivity contribution in [3.8, 4) is 0 Å². The Morgan fingerprint density at radius 2 is 1.71 bits per heavy atom. The monoisotopic (exact) mass is 442 g/mol. The van der Waals surface area contributed by atoms with E-state index in [0.29, 0.717) is 11.4 Å². The van der Waals surface area contributed by atoms with Crippen LogP contribution in [0.2, 0.25) is 0 Å². The molecule has 2 aromatic carbocycles. The van der Waals surface area contributed by atoms with Crippen molar-refractivity contribution >= 4 is 35.1 Å². The van der Waals surface area contributed by atoms with Crippen molar-refractivity contribution in [2.24, 2.45) is 0 Å². The van der Waals surface area contributed by atoms with Gasteiger partial charge in [-0.25, -0.2) is 13.8 Å². The normalized spacial score (nSPS) is 15.2. The van der Waals surface area contributed by atoms with Crippen LogP contribution in [-0.4, -0.2) is 21.8 Å². The number of carbonyl (C=O) groups excluding carboxylic acids is 2. The van der Waals surface area contributed by atoms with E-state index in [9.17, 15) is 23.2 Å². The minimum absolute atomic E-state index is 0.0286. The van der Waals surface area contributed by atoms with Crippen LogP contribution in [0.1, 0.15) is 23.5 Å². The average Bonchev–Trinajstić information content (AvgIpc) is 2.74. The maximum absolute atomic E-state index is 13.1. The van der Waals surface area contributed by atoms with Gasteiger partial charge < -0.3 is 15.6 Å². The third-order valence-corrected chi connectivity index (χ3v) is 5.59. The number of hydrogen-bond donors (Lipinski definition) is 3. The number of anilines is 2. The van der Waals surface area contributed by atoms with Crippen molar-refractivity contribution in [2.45, 2.75) is 23.2 Å². The number of amides is 2. The number of halogens is 2. The highest BCUT2D eigenvalue weighted by molar-refractivity contribution is 7.98. The number of nitrogens with zero attached hydrogens (tertiary/aromatic N) is 1. The largest absolute Gasteiger partial charge is 0.326 e. The summed E-state index contributed by atoms with van der Waals surface area (Å²) in [6.07, 6.45) is -0.215. The fourth-order valence-electron chi connectivity index (χ4n) is 3.14. The average molecular weight is 442 g/mol. The van der Waals surface area contributed by atoms with E-state index in [4.69, 9.17) is 0 Å². The van der Waals surface area contributed by atoms with Gasteiger partial charge in [0.05, 0.1) is 11.5 Å². The molecule has 0 aliphatic carbocycles. The standard InChI is InChI=1S/C21H16F2N4O3S/c22-12-3-1-11(2-4-12)10-31-21-26-18-17(20(30)27-21)15(9-16(28)25-18)19(29)24-14-7-5-13(23)6-8-14/h1-8,15H,9-10H2,(H,24,29)(H2,25,26,27,28,30)/t15-/m0/s1. The highest BCUT2D eigenvalue weighted by atomic mass is 32.2. The molecule has 31 heavy (non-hydrogen) atoms. The molecule has 0 radical (unpaired) electrons. The third-order valence-electron chi connectivity index (χ3n) is 4.65. The first-order chi connectivity index (χ1) is 14.9. The molecule has 2 amide bonds. The Morgan fingerprint density at radius 1 is 1.06 bits per heavy atom. The lowest BCUT2D eigenvalue weighted by molar-refractivity contribution is -0.123. The molecular weight excluding hydrogens is 426 g/mol. The fraction of sp³-hybridized carbons (Fsp3) is 0.143. The van der Waals surface area contributed by atoms with Gasteiger partial charge in [0, 0.05) is 17.9 Å². The van der Waals surface area contributed by atoms with Crippen molar-refractivity contribution in [1.29, 1.82) is 0 Å². The molecule has 2 heterocycles. The Kier molecular flexibility index (Phi) is 5.81. The molecule has 0 spiro atoms. The highest BCUT2D eigenvalue weighted by Gasteiger charge is 2.34. The first-order valence-corrected chi connectivity index (χ1v) is 10.3. The maximum atomic E-state index is 13.1. The maximum Gasteiger partial charge on any atom is 0.257 e. The predicted molar refractivity (Wildman–Crippen MR) is 112 cm³/mol. The Morgan fingerprint density at radius 3 is 2.39 bits per heavy atom. The number of carbonyl (C=O) groups is 2. The summed E-state index contributed by atoms with van der Waals surface area (Å²) < 4.78 is 26.1. The Bertz CT molecular complexity index is 1200. The summed E-state index contributed by atoms with van der Waals surface area (Å²) in [5.74, 6) is -2.40. The van der Waals surface area contributed by atoms with Gasteiger partial charge in [0.25, 0.3) is 5.56 Å². The number of nitrogens with one attached hydrogen (secondary N) is 3. The summed E-state index contributed by atoms with van der Waals surface area (Å²) >= 11 is 1.20. The van der Waals surface area contributed by atoms with Crippen molar-refractivity contribution in [1.82, 2.24) is 9.97 Å². The van der Waals surface area contributed by atoms with E-state index in [1.807, 2.05) is 0 Å². The number of aromatic nitrogens is 2. The Labute approximate surface area is 179 Å². The van der Waals surface area contributed by atoms with Gasteiger partial charge >= 0.3 is 0 Å². The molecule has 0 unspecified atom stereocenters. The second-order valence-corrected chi connectivity index (χ2v) is 7.81. The van der Waals surface area contributed by atoms with E-state index in [-0.39, 0.29) is 28.8 Å². The molecular formula is C21H16F2N4O3S. The van der Waals surface area contributed by atoms with Crippen LogP contribution in [0.15, 0.2) is 58.5 Å². The molecule has 0 bridgehead atoms. The van der Waals surface area contributed by atoms with Gasteiger partial charge in [-0.05, 0) is 42.0 Å². The van der Waals surface area contributed by atoms with Crippen molar-refractivity contribution in [3.05, 3.63) is 81.6 Å². The minimum atomic E-state index is -1.04. The molecule has 1 aliphatic heterocycles. The summed E-state index contributed by atoms with van der Waals surface area (Å²) in [6, 6.07) is 11.1. The fourth-order valence-corrected chi connectivity index (χ4v) is 3.95. The summed E-state index contributed by atoms with van der Waals surface area (Å²) in [5, 5.41) is 5.39. The lowest BCUT2D eigenvalue weighted by Crippen LogP contribution is -2.36. The molecule has 1 atom stereocenters. The van der Waals surface area contributed by atoms with E-state index in [1.165, 1.54) is 48.2 Å². The molecule has 4 rings (SSSR count). The Hall–Kier alpha value is -3.53. The summed E-state index contributed by atoms with van der Waals surface area (Å²) in [7, 11) is 0. The number of fused-ring (bicyclic) bond motifs is 1. The lowest BCUT2D eigenvalue weighted by atomic mass is 9.92. The second kappa shape index (κ2) is 8.68. The number of thioether (sulfide) groups is 1. The van der Waals surface area contributed by atoms with E-state index in [2.05, 4.69) is 20.6 Å². The SMILES string of the molecule is O=C1C[C@H](C(=O)Nc2ccc(F)cc2)c2c(nc(SCc3ccc(F)cc3)[nH]c2=O)N1. The van der Waals surface area contributed by atoms with Crippen molar-refractivity contribution < 1.29 is 18.4 Å². The van der Waals surface area contributed by atoms with Crippen LogP contribution in [0, 0.1) is 11.6 Å². The molecule has 0 saturated heterocycles. The lowest BCUT2D eigenvalue weighted by Gasteiger charge is -2.23. The van der Waals surface area contributed by atoms with Crippen LogP contribution in [0.5, 0.6) is 0 Å². The number of hydrogen-bond acceptors (Lipinski definition) is 5. The van der Waals surface area contributed by atoms with Crippen molar-refractivity contribution in [2.75, 3.05) is 10.6 Å². The van der Waals surface area contributed by atoms with E-state index in [1.54, 1.807) is 12.1 Å². The van der Waals surface area contributed by atoms with E-state index in [0.717, 1.165) is 5.56 Å². The number of H-pyrrole nitrogens is 1. The molecule has 10 heteroatoms. The van der Waals surface area contributed by atoms with Crippen molar-refractivity contribution in [3.63, 3.8) is 0 Å². The van der Waals surface area contributed by atoms with Crippen LogP contribution in [0.25, 0.3) is 0 Å². The van der Waals surface area contributed by atoms with Crippen LogP contribution in [0.4, 0.5) is 20.3 Å². The summed E-state index contributed by atoms with van der Waals surface area (Å²) in [4.78, 5) is 44.5. The minimum Gasteiger partial charge on any atom is -0.326 e. The topological polar surface area (TPSA) is 104 Å². The zero-order valence-electron chi connectivity index (χ0n) is 15.9. The molecule has 3 N–H and O–H groups in total. The molecule has 1 aliphatic rings. The van der Waals surface area contributed by atoms with Gasteiger partial charge in [-0.3, -0.25) is 14.4 Å². The number of rotatable bonds is 5. The van der Waals surface area contributed by atoms with Gasteiger partial charge in [-0.15, -0.1) is 0 Å². The van der Waals surface area contributed by atoms with Crippen LogP contribution in [0.3, 0.4) is 0 Å². The molecule has 158 valence electrons. The van der Waals surface area contributed by atoms with E-state index < -0.39 is 29.1 Å². The number of benzene rings is 2. The predicted octanol–water partition coefficient (Wildman–Crippen LogP) is 3.40. The molecule has 0 fully saturated rings. The second-order valence-electron chi connectivity index (χ2n) is 6.85. The smallest absolute Gasteiger partial charge is 0.257 e. The first kappa shape index (κ1) is 20.7. The van der Waals surface area contributed by atoms with Gasteiger partial charge in [0.2, 0.25) is 11.8 Å². The van der Waals surface area contributed by atoms with Gasteiger partial charge in [0.15, 0.2) is 5.16 Å².